The van der Waals surface area contributed by atoms with E-state index < -0.39 is 10.0 Å². The molecule has 0 saturated heterocycles. The second kappa shape index (κ2) is 6.12. The highest BCUT2D eigenvalue weighted by atomic mass is 35.5. The zero-order valence-corrected chi connectivity index (χ0v) is 15.4. The highest BCUT2D eigenvalue weighted by Gasteiger charge is 2.21. The summed E-state index contributed by atoms with van der Waals surface area (Å²) in [4.78, 5) is 11.9. The van der Waals surface area contributed by atoms with Gasteiger partial charge in [0.2, 0.25) is 0 Å². The monoisotopic (exact) mass is 381 g/mol. The van der Waals surface area contributed by atoms with E-state index in [1.165, 1.54) is 28.4 Å². The highest BCUT2D eigenvalue weighted by Crippen LogP contribution is 2.29. The summed E-state index contributed by atoms with van der Waals surface area (Å²) in [5, 5.41) is 0.0316. The average molecular weight is 382 g/mol. The maximum atomic E-state index is 12.7. The molecular formula is C16H16ClN3O4S. The molecule has 9 heteroatoms. The van der Waals surface area contributed by atoms with E-state index in [1.807, 2.05) is 0 Å². The first-order valence-corrected chi connectivity index (χ1v) is 9.12. The standard InChI is InChI=1S/C16H16ClN3O4S/c1-19-13-8-12(17)15(9-14(13)20(2)16(19)21)25(22,23)18-10-5-4-6-11(7-10)24-3/h4-9,18H,1-3H3. The maximum Gasteiger partial charge on any atom is 0.328 e. The lowest BCUT2D eigenvalue weighted by atomic mass is 10.3. The third-order valence-electron chi connectivity index (χ3n) is 3.94. The first-order chi connectivity index (χ1) is 11.7. The first kappa shape index (κ1) is 17.4. The number of hydrogen-bond acceptors (Lipinski definition) is 4. The van der Waals surface area contributed by atoms with Crippen LogP contribution in [0.15, 0.2) is 46.1 Å². The van der Waals surface area contributed by atoms with Crippen LogP contribution in [0.3, 0.4) is 0 Å². The molecule has 132 valence electrons. The van der Waals surface area contributed by atoms with E-state index in [0.717, 1.165) is 0 Å². The fourth-order valence-electron chi connectivity index (χ4n) is 2.60. The predicted molar refractivity (Wildman–Crippen MR) is 97.0 cm³/mol. The smallest absolute Gasteiger partial charge is 0.328 e. The number of fused-ring (bicyclic) bond motifs is 1. The zero-order chi connectivity index (χ0) is 18.4. The number of aryl methyl sites for hydroxylation is 2. The summed E-state index contributed by atoms with van der Waals surface area (Å²) in [5.74, 6) is 0.521. The van der Waals surface area contributed by atoms with E-state index >= 15 is 0 Å². The SMILES string of the molecule is COc1cccc(NS(=O)(=O)c2cc3c(cc2Cl)n(C)c(=O)n3C)c1. The van der Waals surface area contributed by atoms with E-state index in [0.29, 0.717) is 22.5 Å². The fourth-order valence-corrected chi connectivity index (χ4v) is 4.20. The molecule has 1 N–H and O–H groups in total. The Balaban J connectivity index is 2.12. The lowest BCUT2D eigenvalue weighted by Gasteiger charge is -2.11. The van der Waals surface area contributed by atoms with Crippen molar-refractivity contribution in [2.24, 2.45) is 14.1 Å². The Labute approximate surface area is 149 Å². The molecule has 0 saturated carbocycles. The number of methoxy groups -OCH3 is 1. The molecule has 2 aromatic carbocycles. The van der Waals surface area contributed by atoms with Gasteiger partial charge in [0.25, 0.3) is 10.0 Å². The molecule has 0 fully saturated rings. The molecule has 0 radical (unpaired) electrons. The Bertz CT molecular complexity index is 1130. The molecule has 3 rings (SSSR count). The van der Waals surface area contributed by atoms with Crippen molar-refractivity contribution in [1.29, 1.82) is 0 Å². The number of rotatable bonds is 4. The van der Waals surface area contributed by atoms with Gasteiger partial charge < -0.3 is 4.74 Å². The predicted octanol–water partition coefficient (Wildman–Crippen LogP) is 2.34. The van der Waals surface area contributed by atoms with Crippen LogP contribution < -0.4 is 15.1 Å². The largest absolute Gasteiger partial charge is 0.497 e. The minimum Gasteiger partial charge on any atom is -0.497 e. The van der Waals surface area contributed by atoms with E-state index in [4.69, 9.17) is 16.3 Å². The molecule has 0 atom stereocenters. The quantitative estimate of drug-likeness (QED) is 0.752. The molecule has 3 aromatic rings. The summed E-state index contributed by atoms with van der Waals surface area (Å²) >= 11 is 6.18. The molecule has 0 bridgehead atoms. The van der Waals surface area contributed by atoms with Gasteiger partial charge in [-0.15, -0.1) is 0 Å². The van der Waals surface area contributed by atoms with Crippen molar-refractivity contribution in [3.05, 3.63) is 51.9 Å². The third kappa shape index (κ3) is 2.98. The van der Waals surface area contributed by atoms with Gasteiger partial charge in [-0.1, -0.05) is 17.7 Å². The molecule has 1 aromatic heterocycles. The van der Waals surface area contributed by atoms with E-state index in [1.54, 1.807) is 38.4 Å². The van der Waals surface area contributed by atoms with Crippen LogP contribution in [0.5, 0.6) is 5.75 Å². The molecular weight excluding hydrogens is 366 g/mol. The number of benzene rings is 2. The number of anilines is 1. The molecule has 0 aliphatic rings. The van der Waals surface area contributed by atoms with Crippen molar-refractivity contribution in [2.45, 2.75) is 4.90 Å². The second-order valence-corrected chi connectivity index (χ2v) is 7.57. The topological polar surface area (TPSA) is 82.3 Å². The van der Waals surface area contributed by atoms with Gasteiger partial charge >= 0.3 is 5.69 Å². The zero-order valence-electron chi connectivity index (χ0n) is 13.8. The van der Waals surface area contributed by atoms with Gasteiger partial charge in [-0.25, -0.2) is 13.2 Å². The molecule has 0 amide bonds. The van der Waals surface area contributed by atoms with Crippen molar-refractivity contribution < 1.29 is 13.2 Å². The van der Waals surface area contributed by atoms with Crippen LogP contribution in [0.4, 0.5) is 5.69 Å². The van der Waals surface area contributed by atoms with E-state index in [9.17, 15) is 13.2 Å². The average Bonchev–Trinajstić information content (AvgIpc) is 2.78. The van der Waals surface area contributed by atoms with Gasteiger partial charge in [0.1, 0.15) is 10.6 Å². The molecule has 25 heavy (non-hydrogen) atoms. The van der Waals surface area contributed by atoms with Gasteiger partial charge in [-0.3, -0.25) is 13.9 Å². The van der Waals surface area contributed by atoms with Crippen LogP contribution in [-0.4, -0.2) is 24.7 Å². The van der Waals surface area contributed by atoms with Crippen LogP contribution in [0.25, 0.3) is 11.0 Å². The second-order valence-electron chi connectivity index (χ2n) is 5.51. The van der Waals surface area contributed by atoms with Gasteiger partial charge in [0, 0.05) is 20.2 Å². The number of ether oxygens (including phenoxy) is 1. The van der Waals surface area contributed by atoms with Gasteiger partial charge in [-0.05, 0) is 24.3 Å². The van der Waals surface area contributed by atoms with Crippen molar-refractivity contribution in [2.75, 3.05) is 11.8 Å². The molecule has 7 nitrogen and oxygen atoms in total. The first-order valence-electron chi connectivity index (χ1n) is 7.26. The number of hydrogen-bond donors (Lipinski definition) is 1. The number of nitrogens with one attached hydrogen (secondary N) is 1. The van der Waals surface area contributed by atoms with Crippen LogP contribution in [0.2, 0.25) is 5.02 Å². The van der Waals surface area contributed by atoms with E-state index in [-0.39, 0.29) is 15.6 Å². The number of aromatic nitrogens is 2. The van der Waals surface area contributed by atoms with Gasteiger partial charge in [0.15, 0.2) is 0 Å². The van der Waals surface area contributed by atoms with Crippen LogP contribution in [-0.2, 0) is 24.1 Å². The Kier molecular flexibility index (Phi) is 4.26. The number of halogens is 1. The minimum absolute atomic E-state index is 0.0316. The van der Waals surface area contributed by atoms with Gasteiger partial charge in [0.05, 0.1) is 28.9 Å². The van der Waals surface area contributed by atoms with E-state index in [2.05, 4.69) is 4.72 Å². The summed E-state index contributed by atoms with van der Waals surface area (Å²) in [7, 11) is 0.726. The van der Waals surface area contributed by atoms with Crippen LogP contribution >= 0.6 is 11.6 Å². The number of imidazole rings is 1. The van der Waals surface area contributed by atoms with Crippen LogP contribution in [0, 0.1) is 0 Å². The summed E-state index contributed by atoms with van der Waals surface area (Å²) in [5.41, 5.74) is 1.11. The van der Waals surface area contributed by atoms with Gasteiger partial charge in [-0.2, -0.15) is 0 Å². The normalized spacial score (nSPS) is 11.7. The highest BCUT2D eigenvalue weighted by molar-refractivity contribution is 7.92. The molecule has 0 aliphatic carbocycles. The third-order valence-corrected chi connectivity index (χ3v) is 5.78. The summed E-state index contributed by atoms with van der Waals surface area (Å²) in [6.07, 6.45) is 0. The molecule has 0 spiro atoms. The Morgan fingerprint density at radius 3 is 2.36 bits per heavy atom. The van der Waals surface area contributed by atoms with Crippen molar-refractivity contribution in [3.63, 3.8) is 0 Å². The fraction of sp³-hybridized carbons (Fsp3) is 0.188. The Hall–Kier alpha value is -2.45. The summed E-state index contributed by atoms with van der Waals surface area (Å²) in [6, 6.07) is 9.39. The summed E-state index contributed by atoms with van der Waals surface area (Å²) in [6.45, 7) is 0. The minimum atomic E-state index is -3.94. The Morgan fingerprint density at radius 1 is 1.08 bits per heavy atom. The lowest BCUT2D eigenvalue weighted by molar-refractivity contribution is 0.415. The Morgan fingerprint density at radius 2 is 1.72 bits per heavy atom. The molecule has 1 heterocycles. The molecule has 0 unspecified atom stereocenters. The van der Waals surface area contributed by atoms with Crippen molar-refractivity contribution in [3.8, 4) is 5.75 Å². The van der Waals surface area contributed by atoms with Crippen LogP contribution in [0.1, 0.15) is 0 Å². The number of sulfonamides is 1. The number of nitrogens with zero attached hydrogens (tertiary/aromatic N) is 2. The van der Waals surface area contributed by atoms with Crippen molar-refractivity contribution >= 4 is 38.3 Å². The van der Waals surface area contributed by atoms with Crippen molar-refractivity contribution in [1.82, 2.24) is 9.13 Å². The molecule has 0 aliphatic heterocycles. The maximum absolute atomic E-state index is 12.7. The summed E-state index contributed by atoms with van der Waals surface area (Å²) < 4.78 is 35.8. The lowest BCUT2D eigenvalue weighted by Crippen LogP contribution is -2.19.